The third-order valence-corrected chi connectivity index (χ3v) is 2.34. The predicted molar refractivity (Wildman–Crippen MR) is 64.9 cm³/mol. The topological polar surface area (TPSA) is 26.0 Å². The van der Waals surface area contributed by atoms with Gasteiger partial charge in [0.1, 0.15) is 0 Å². The number of rotatable bonds is 4. The molecule has 0 saturated carbocycles. The number of unbranched alkanes of at least 4 members (excludes halogenated alkanes) is 1. The van der Waals surface area contributed by atoms with Gasteiger partial charge in [0.15, 0.2) is 0 Å². The number of hydrogen-bond donors (Lipinski definition) is 1. The Balaban J connectivity index is 0.00000169. The van der Waals surface area contributed by atoms with Crippen LogP contribution in [-0.2, 0) is 0 Å². The average molecular weight is 214 g/mol. The van der Waals surface area contributed by atoms with Crippen molar-refractivity contribution in [2.24, 2.45) is 5.73 Å². The summed E-state index contributed by atoms with van der Waals surface area (Å²) >= 11 is 0. The minimum Gasteiger partial charge on any atom is -0.324 e. The number of nitrogens with two attached hydrogens (primary N) is 1. The molecule has 0 saturated heterocycles. The molecule has 1 aromatic carbocycles. The van der Waals surface area contributed by atoms with Gasteiger partial charge in [-0.1, -0.05) is 49.6 Å². The molecule has 1 rings (SSSR count). The molecule has 0 heterocycles. The van der Waals surface area contributed by atoms with Gasteiger partial charge in [-0.15, -0.1) is 12.4 Å². The first-order valence-corrected chi connectivity index (χ1v) is 5.06. The Bertz CT molecular complexity index is 260. The second-order valence-corrected chi connectivity index (χ2v) is 3.66. The molecule has 2 heteroatoms. The van der Waals surface area contributed by atoms with Crippen LogP contribution in [0.1, 0.15) is 43.4 Å². The molecule has 2 N–H and O–H groups in total. The minimum atomic E-state index is 0. The van der Waals surface area contributed by atoms with E-state index in [1.165, 1.54) is 24.0 Å². The number of aryl methyl sites for hydroxylation is 1. The third kappa shape index (κ3) is 4.12. The summed E-state index contributed by atoms with van der Waals surface area (Å²) in [7, 11) is 0. The largest absolute Gasteiger partial charge is 0.324 e. The van der Waals surface area contributed by atoms with E-state index in [1.807, 2.05) is 0 Å². The number of hydrogen-bond acceptors (Lipinski definition) is 1. The van der Waals surface area contributed by atoms with Crippen molar-refractivity contribution in [1.82, 2.24) is 0 Å². The molecule has 0 amide bonds. The lowest BCUT2D eigenvalue weighted by Gasteiger charge is -2.11. The van der Waals surface area contributed by atoms with E-state index in [2.05, 4.69) is 38.1 Å². The molecule has 0 fully saturated rings. The molecular weight excluding hydrogens is 194 g/mol. The van der Waals surface area contributed by atoms with Crippen molar-refractivity contribution in [3.8, 4) is 0 Å². The highest BCUT2D eigenvalue weighted by Gasteiger charge is 2.04. The fourth-order valence-corrected chi connectivity index (χ4v) is 1.49. The summed E-state index contributed by atoms with van der Waals surface area (Å²) in [6.45, 7) is 4.30. The minimum absolute atomic E-state index is 0. The molecule has 0 aromatic heterocycles. The van der Waals surface area contributed by atoms with Crippen LogP contribution in [0.4, 0.5) is 0 Å². The predicted octanol–water partition coefficient (Wildman–Crippen LogP) is 3.61. The van der Waals surface area contributed by atoms with Crippen LogP contribution < -0.4 is 5.73 Å². The zero-order valence-electron chi connectivity index (χ0n) is 8.99. The van der Waals surface area contributed by atoms with Gasteiger partial charge in [0, 0.05) is 6.04 Å². The van der Waals surface area contributed by atoms with E-state index in [9.17, 15) is 0 Å². The van der Waals surface area contributed by atoms with Crippen LogP contribution in [-0.4, -0.2) is 0 Å². The van der Waals surface area contributed by atoms with Crippen molar-refractivity contribution in [3.63, 3.8) is 0 Å². The van der Waals surface area contributed by atoms with Crippen molar-refractivity contribution < 1.29 is 0 Å². The second-order valence-electron chi connectivity index (χ2n) is 3.66. The zero-order valence-corrected chi connectivity index (χ0v) is 9.81. The smallest absolute Gasteiger partial charge is 0.0294 e. The molecule has 0 aliphatic carbocycles. The third-order valence-electron chi connectivity index (χ3n) is 2.34. The standard InChI is InChI=1S/C12H19N.ClH/c1-3-4-8-12(13)11-7-5-6-10(2)9-11;/h5-7,9,12H,3-4,8,13H2,1-2H3;1H/t12-;/m0./s1. The first-order chi connectivity index (χ1) is 6.24. The van der Waals surface area contributed by atoms with Crippen LogP contribution in [0.2, 0.25) is 0 Å². The maximum absolute atomic E-state index is 6.05. The molecule has 1 aromatic rings. The summed E-state index contributed by atoms with van der Waals surface area (Å²) in [4.78, 5) is 0. The molecule has 0 unspecified atom stereocenters. The average Bonchev–Trinajstić information content (AvgIpc) is 2.14. The van der Waals surface area contributed by atoms with E-state index in [0.717, 1.165) is 6.42 Å². The Morgan fingerprint density at radius 3 is 2.64 bits per heavy atom. The molecule has 0 aliphatic rings. The Labute approximate surface area is 93.1 Å². The van der Waals surface area contributed by atoms with Crippen LogP contribution in [0.3, 0.4) is 0 Å². The Kier molecular flexibility index (Phi) is 6.60. The Morgan fingerprint density at radius 2 is 2.07 bits per heavy atom. The SMILES string of the molecule is CCCC[C@H](N)c1cccc(C)c1.Cl. The van der Waals surface area contributed by atoms with Gasteiger partial charge in [-0.3, -0.25) is 0 Å². The first kappa shape index (κ1) is 13.5. The fourth-order valence-electron chi connectivity index (χ4n) is 1.49. The van der Waals surface area contributed by atoms with E-state index in [0.29, 0.717) is 0 Å². The van der Waals surface area contributed by atoms with Crippen molar-refractivity contribution in [1.29, 1.82) is 0 Å². The van der Waals surface area contributed by atoms with Gasteiger partial charge < -0.3 is 5.73 Å². The molecule has 0 aliphatic heterocycles. The van der Waals surface area contributed by atoms with Crippen LogP contribution in [0.15, 0.2) is 24.3 Å². The van der Waals surface area contributed by atoms with Gasteiger partial charge in [0.05, 0.1) is 0 Å². The van der Waals surface area contributed by atoms with Gasteiger partial charge in [-0.05, 0) is 18.9 Å². The van der Waals surface area contributed by atoms with Crippen molar-refractivity contribution in [2.75, 3.05) is 0 Å². The maximum atomic E-state index is 6.05. The summed E-state index contributed by atoms with van der Waals surface area (Å²) < 4.78 is 0. The molecule has 0 spiro atoms. The Hall–Kier alpha value is -0.530. The molecule has 1 atom stereocenters. The van der Waals surface area contributed by atoms with Crippen molar-refractivity contribution >= 4 is 12.4 Å². The highest BCUT2D eigenvalue weighted by molar-refractivity contribution is 5.85. The van der Waals surface area contributed by atoms with Gasteiger partial charge in [0.2, 0.25) is 0 Å². The lowest BCUT2D eigenvalue weighted by Crippen LogP contribution is -2.09. The summed E-state index contributed by atoms with van der Waals surface area (Å²) in [6.07, 6.45) is 3.54. The van der Waals surface area contributed by atoms with Gasteiger partial charge in [-0.2, -0.15) is 0 Å². The molecular formula is C12H20ClN. The zero-order chi connectivity index (χ0) is 9.68. The summed E-state index contributed by atoms with van der Waals surface area (Å²) in [5.41, 5.74) is 8.62. The molecule has 1 nitrogen and oxygen atoms in total. The summed E-state index contributed by atoms with van der Waals surface area (Å²) in [5, 5.41) is 0. The molecule has 14 heavy (non-hydrogen) atoms. The fraction of sp³-hybridized carbons (Fsp3) is 0.500. The molecule has 0 bridgehead atoms. The van der Waals surface area contributed by atoms with Crippen LogP contribution >= 0.6 is 12.4 Å². The first-order valence-electron chi connectivity index (χ1n) is 5.06. The lowest BCUT2D eigenvalue weighted by atomic mass is 10.0. The maximum Gasteiger partial charge on any atom is 0.0294 e. The normalized spacial score (nSPS) is 11.9. The van der Waals surface area contributed by atoms with E-state index in [1.54, 1.807) is 0 Å². The lowest BCUT2D eigenvalue weighted by molar-refractivity contribution is 0.603. The number of halogens is 1. The molecule has 80 valence electrons. The second kappa shape index (κ2) is 6.86. The summed E-state index contributed by atoms with van der Waals surface area (Å²) in [6, 6.07) is 8.71. The van der Waals surface area contributed by atoms with Gasteiger partial charge in [0.25, 0.3) is 0 Å². The van der Waals surface area contributed by atoms with Gasteiger partial charge in [-0.25, -0.2) is 0 Å². The van der Waals surface area contributed by atoms with E-state index in [-0.39, 0.29) is 18.4 Å². The quantitative estimate of drug-likeness (QED) is 0.813. The highest BCUT2D eigenvalue weighted by atomic mass is 35.5. The molecule has 0 radical (unpaired) electrons. The Morgan fingerprint density at radius 1 is 1.36 bits per heavy atom. The van der Waals surface area contributed by atoms with E-state index < -0.39 is 0 Å². The van der Waals surface area contributed by atoms with Crippen LogP contribution in [0.5, 0.6) is 0 Å². The van der Waals surface area contributed by atoms with E-state index >= 15 is 0 Å². The van der Waals surface area contributed by atoms with E-state index in [4.69, 9.17) is 5.73 Å². The number of benzene rings is 1. The van der Waals surface area contributed by atoms with Crippen molar-refractivity contribution in [3.05, 3.63) is 35.4 Å². The van der Waals surface area contributed by atoms with Crippen molar-refractivity contribution in [2.45, 2.75) is 39.2 Å². The van der Waals surface area contributed by atoms with Crippen LogP contribution in [0, 0.1) is 6.92 Å². The van der Waals surface area contributed by atoms with Gasteiger partial charge >= 0.3 is 0 Å². The van der Waals surface area contributed by atoms with Crippen LogP contribution in [0.25, 0.3) is 0 Å². The monoisotopic (exact) mass is 213 g/mol. The summed E-state index contributed by atoms with van der Waals surface area (Å²) in [5.74, 6) is 0. The highest BCUT2D eigenvalue weighted by Crippen LogP contribution is 2.17.